The van der Waals surface area contributed by atoms with Crippen LogP contribution in [-0.4, -0.2) is 58.1 Å². The average Bonchev–Trinajstić information content (AvgIpc) is 3.34. The molecular weight excluding hydrogens is 454 g/mol. The molecular formula is C29H39N3O4. The quantitative estimate of drug-likeness (QED) is 0.551. The molecule has 3 aliphatic heterocycles. The van der Waals surface area contributed by atoms with Gasteiger partial charge >= 0.3 is 5.97 Å². The van der Waals surface area contributed by atoms with Gasteiger partial charge in [-0.2, -0.15) is 0 Å². The van der Waals surface area contributed by atoms with E-state index in [0.717, 1.165) is 88.7 Å². The Kier molecular flexibility index (Phi) is 7.67. The van der Waals surface area contributed by atoms with Crippen LogP contribution >= 0.6 is 0 Å². The maximum absolute atomic E-state index is 12.8. The molecule has 194 valence electrons. The van der Waals surface area contributed by atoms with E-state index in [1.165, 1.54) is 23.9 Å². The van der Waals surface area contributed by atoms with E-state index in [-0.39, 0.29) is 5.97 Å². The second kappa shape index (κ2) is 11.1. The maximum atomic E-state index is 12.8. The lowest BCUT2D eigenvalue weighted by Crippen LogP contribution is -2.40. The summed E-state index contributed by atoms with van der Waals surface area (Å²) in [5.74, 6) is -0.279. The molecule has 3 aliphatic rings. The normalized spacial score (nSPS) is 18.7. The molecule has 2 saturated heterocycles. The number of anilines is 3. The molecule has 3 heterocycles. The average molecular weight is 494 g/mol. The van der Waals surface area contributed by atoms with E-state index in [2.05, 4.69) is 46.3 Å². The summed E-state index contributed by atoms with van der Waals surface area (Å²) in [6.45, 7) is 10.0. The van der Waals surface area contributed by atoms with Gasteiger partial charge in [-0.15, -0.1) is 0 Å². The highest BCUT2D eigenvalue weighted by atomic mass is 16.5. The molecule has 0 aliphatic carbocycles. The second-order valence-corrected chi connectivity index (χ2v) is 10.1. The molecule has 0 spiro atoms. The molecule has 0 saturated carbocycles. The van der Waals surface area contributed by atoms with Gasteiger partial charge in [-0.05, 0) is 80.5 Å². The zero-order valence-corrected chi connectivity index (χ0v) is 21.8. The van der Waals surface area contributed by atoms with Crippen molar-refractivity contribution in [3.63, 3.8) is 0 Å². The molecule has 0 amide bonds. The Morgan fingerprint density at radius 1 is 1.03 bits per heavy atom. The van der Waals surface area contributed by atoms with Crippen molar-refractivity contribution in [1.82, 2.24) is 0 Å². The topological polar surface area (TPSA) is 63.3 Å². The van der Waals surface area contributed by atoms with Gasteiger partial charge < -0.3 is 29.3 Å². The zero-order valence-electron chi connectivity index (χ0n) is 21.8. The molecule has 2 aromatic carbocycles. The van der Waals surface area contributed by atoms with E-state index >= 15 is 0 Å². The third kappa shape index (κ3) is 5.18. The molecule has 0 bridgehead atoms. The van der Waals surface area contributed by atoms with Crippen LogP contribution in [-0.2, 0) is 27.3 Å². The molecule has 2 aromatic rings. The summed E-state index contributed by atoms with van der Waals surface area (Å²) >= 11 is 0. The lowest BCUT2D eigenvalue weighted by Gasteiger charge is -2.37. The lowest BCUT2D eigenvalue weighted by atomic mass is 10.00. The van der Waals surface area contributed by atoms with E-state index in [1.54, 1.807) is 0 Å². The molecule has 7 heteroatoms. The van der Waals surface area contributed by atoms with Gasteiger partial charge in [0.05, 0.1) is 12.7 Å². The van der Waals surface area contributed by atoms with Gasteiger partial charge in [0.25, 0.3) is 0 Å². The number of methoxy groups -OCH3 is 1. The Balaban J connectivity index is 1.42. The first-order chi connectivity index (χ1) is 17.6. The van der Waals surface area contributed by atoms with E-state index in [9.17, 15) is 4.79 Å². The van der Waals surface area contributed by atoms with Gasteiger partial charge in [-0.1, -0.05) is 6.07 Å². The van der Waals surface area contributed by atoms with Crippen LogP contribution < -0.4 is 15.1 Å². The highest BCUT2D eigenvalue weighted by Crippen LogP contribution is 2.37. The largest absolute Gasteiger partial charge is 0.465 e. The van der Waals surface area contributed by atoms with Gasteiger partial charge in [-0.3, -0.25) is 0 Å². The van der Waals surface area contributed by atoms with Crippen molar-refractivity contribution in [2.45, 2.75) is 64.7 Å². The summed E-state index contributed by atoms with van der Waals surface area (Å²) < 4.78 is 16.3. The fourth-order valence-corrected chi connectivity index (χ4v) is 5.85. The molecule has 7 nitrogen and oxygen atoms in total. The van der Waals surface area contributed by atoms with Crippen LogP contribution in [0.1, 0.15) is 59.7 Å². The van der Waals surface area contributed by atoms with Crippen LogP contribution in [0.3, 0.4) is 0 Å². The summed E-state index contributed by atoms with van der Waals surface area (Å²) in [4.78, 5) is 17.6. The minimum Gasteiger partial charge on any atom is -0.465 e. The fraction of sp³-hybridized carbons (Fsp3) is 0.552. The second-order valence-electron chi connectivity index (χ2n) is 10.1. The van der Waals surface area contributed by atoms with Crippen LogP contribution in [0.5, 0.6) is 0 Å². The number of ether oxygens (including phenoxy) is 3. The van der Waals surface area contributed by atoms with Crippen molar-refractivity contribution in [2.24, 2.45) is 0 Å². The van der Waals surface area contributed by atoms with Gasteiger partial charge in [0.15, 0.2) is 0 Å². The third-order valence-electron chi connectivity index (χ3n) is 7.94. The molecule has 0 atom stereocenters. The number of nitrogens with zero attached hydrogens (tertiary/aromatic N) is 2. The number of hydrogen-bond acceptors (Lipinski definition) is 7. The van der Waals surface area contributed by atoms with Gasteiger partial charge in [0, 0.05) is 75.2 Å². The Labute approximate surface area is 214 Å². The summed E-state index contributed by atoms with van der Waals surface area (Å²) in [7, 11) is 1.46. The molecule has 0 aromatic heterocycles. The van der Waals surface area contributed by atoms with Gasteiger partial charge in [0.1, 0.15) is 0 Å². The van der Waals surface area contributed by atoms with Crippen LogP contribution in [0.4, 0.5) is 17.1 Å². The maximum Gasteiger partial charge on any atom is 0.338 e. The van der Waals surface area contributed by atoms with Crippen molar-refractivity contribution >= 4 is 23.0 Å². The van der Waals surface area contributed by atoms with Crippen molar-refractivity contribution in [1.29, 1.82) is 0 Å². The predicted molar refractivity (Wildman–Crippen MR) is 143 cm³/mol. The summed E-state index contributed by atoms with van der Waals surface area (Å²) in [5, 5.41) is 3.70. The number of esters is 1. The number of carbonyl (C=O) groups is 1. The SMILES string of the molecule is CCN(c1cc(N2Cc3ccc(NC4CCOCC4)cc3C2)cc(C(=O)OC)c1C)C1CCOCC1. The van der Waals surface area contributed by atoms with E-state index in [1.807, 2.05) is 13.0 Å². The van der Waals surface area contributed by atoms with E-state index in [4.69, 9.17) is 14.2 Å². The van der Waals surface area contributed by atoms with E-state index in [0.29, 0.717) is 17.6 Å². The molecule has 1 N–H and O–H groups in total. The van der Waals surface area contributed by atoms with Gasteiger partial charge in [0.2, 0.25) is 0 Å². The standard InChI is InChI=1S/C29H39N3O4/c1-4-32(25-9-13-36-14-10-25)28-17-26(16-27(20(28)2)29(33)34-3)31-18-21-5-6-24(15-22(21)19-31)30-23-7-11-35-12-8-23/h5-6,15-17,23,25,30H,4,7-14,18-19H2,1-3H3. The number of benzene rings is 2. The number of carbonyl (C=O) groups excluding carboxylic acids is 1. The summed E-state index contributed by atoms with van der Waals surface area (Å²) in [6.07, 6.45) is 4.10. The minimum atomic E-state index is -0.279. The van der Waals surface area contributed by atoms with E-state index < -0.39 is 0 Å². The Bertz CT molecular complexity index is 1080. The molecule has 2 fully saturated rings. The van der Waals surface area contributed by atoms with Crippen molar-refractivity contribution in [3.05, 3.63) is 52.6 Å². The first-order valence-corrected chi connectivity index (χ1v) is 13.4. The third-order valence-corrected chi connectivity index (χ3v) is 7.94. The number of nitrogens with one attached hydrogen (secondary N) is 1. The van der Waals surface area contributed by atoms with Crippen LogP contribution in [0, 0.1) is 6.92 Å². The summed E-state index contributed by atoms with van der Waals surface area (Å²) in [5.41, 5.74) is 7.68. The van der Waals surface area contributed by atoms with Crippen molar-refractivity contribution in [3.8, 4) is 0 Å². The number of hydrogen-bond donors (Lipinski definition) is 1. The fourth-order valence-electron chi connectivity index (χ4n) is 5.85. The van der Waals surface area contributed by atoms with Crippen LogP contribution in [0.25, 0.3) is 0 Å². The number of rotatable bonds is 7. The van der Waals surface area contributed by atoms with Crippen molar-refractivity contribution < 1.29 is 19.0 Å². The van der Waals surface area contributed by atoms with Gasteiger partial charge in [-0.25, -0.2) is 4.79 Å². The molecule has 0 radical (unpaired) electrons. The highest BCUT2D eigenvalue weighted by molar-refractivity contribution is 5.94. The zero-order chi connectivity index (χ0) is 25.1. The predicted octanol–water partition coefficient (Wildman–Crippen LogP) is 4.90. The monoisotopic (exact) mass is 493 g/mol. The molecule has 5 rings (SSSR count). The van der Waals surface area contributed by atoms with Crippen molar-refractivity contribution in [2.75, 3.05) is 55.2 Å². The Morgan fingerprint density at radius 3 is 2.42 bits per heavy atom. The molecule has 0 unspecified atom stereocenters. The summed E-state index contributed by atoms with van der Waals surface area (Å²) in [6, 6.07) is 11.9. The lowest BCUT2D eigenvalue weighted by molar-refractivity contribution is 0.0599. The highest BCUT2D eigenvalue weighted by Gasteiger charge is 2.27. The molecule has 36 heavy (non-hydrogen) atoms. The minimum absolute atomic E-state index is 0.279. The first-order valence-electron chi connectivity index (χ1n) is 13.4. The van der Waals surface area contributed by atoms with Crippen LogP contribution in [0.2, 0.25) is 0 Å². The number of fused-ring (bicyclic) bond motifs is 1. The smallest absolute Gasteiger partial charge is 0.338 e. The Hall–Kier alpha value is -2.77. The van der Waals surface area contributed by atoms with Crippen LogP contribution in [0.15, 0.2) is 30.3 Å². The Morgan fingerprint density at radius 2 is 1.72 bits per heavy atom. The first kappa shape index (κ1) is 24.9.